The fourth-order valence-electron chi connectivity index (χ4n) is 1.51. The molecule has 2 N–H and O–H groups in total. The predicted molar refractivity (Wildman–Crippen MR) is 74.0 cm³/mol. The molecule has 1 atom stereocenters. The van der Waals surface area contributed by atoms with Crippen LogP contribution in [0.25, 0.3) is 0 Å². The van der Waals surface area contributed by atoms with E-state index in [1.807, 2.05) is 13.8 Å². The Kier molecular flexibility index (Phi) is 6.35. The van der Waals surface area contributed by atoms with Crippen LogP contribution in [-0.2, 0) is 9.59 Å². The predicted octanol–water partition coefficient (Wildman–Crippen LogP) is 1.79. The molecule has 104 valence electrons. The third-order valence-corrected chi connectivity index (χ3v) is 3.37. The fourth-order valence-corrected chi connectivity index (χ4v) is 2.21. The zero-order valence-electron chi connectivity index (χ0n) is 11.0. The van der Waals surface area contributed by atoms with Crippen molar-refractivity contribution in [1.29, 1.82) is 0 Å². The Balaban J connectivity index is 2.42. The Hall–Kier alpha value is -1.56. The molecule has 6 heteroatoms. The molecule has 0 saturated heterocycles. The lowest BCUT2D eigenvalue weighted by Crippen LogP contribution is -2.42. The first-order chi connectivity index (χ1) is 8.99. The second-order valence-electron chi connectivity index (χ2n) is 4.56. The third-order valence-electron chi connectivity index (χ3n) is 2.36. The smallest absolute Gasteiger partial charge is 0.326 e. The summed E-state index contributed by atoms with van der Waals surface area (Å²) in [6, 6.07) is 2.80. The molecule has 19 heavy (non-hydrogen) atoms. The molecule has 5 nitrogen and oxygen atoms in total. The highest BCUT2D eigenvalue weighted by Gasteiger charge is 2.20. The lowest BCUT2D eigenvalue weighted by molar-refractivity contribution is -0.141. The van der Waals surface area contributed by atoms with E-state index in [1.165, 1.54) is 11.8 Å². The number of carboxylic acid groups (broad SMARTS) is 1. The number of rotatable bonds is 7. The minimum absolute atomic E-state index is 0.200. The minimum atomic E-state index is -0.990. The first-order valence-electron chi connectivity index (χ1n) is 6.04. The van der Waals surface area contributed by atoms with Crippen molar-refractivity contribution < 1.29 is 14.7 Å². The number of thioether (sulfide) groups is 1. The highest BCUT2D eigenvalue weighted by molar-refractivity contribution is 8.00. The van der Waals surface area contributed by atoms with Crippen LogP contribution in [0.15, 0.2) is 29.4 Å². The molecule has 1 rings (SSSR count). The lowest BCUT2D eigenvalue weighted by Gasteiger charge is -2.16. The van der Waals surface area contributed by atoms with Gasteiger partial charge in [-0.15, -0.1) is 11.8 Å². The van der Waals surface area contributed by atoms with Gasteiger partial charge in [-0.25, -0.2) is 4.79 Å². The van der Waals surface area contributed by atoms with Crippen molar-refractivity contribution in [3.8, 4) is 0 Å². The van der Waals surface area contributed by atoms with Gasteiger partial charge >= 0.3 is 5.97 Å². The molecule has 0 aliphatic carbocycles. The van der Waals surface area contributed by atoms with Crippen LogP contribution >= 0.6 is 11.8 Å². The quantitative estimate of drug-likeness (QED) is 0.745. The molecule has 0 fully saturated rings. The lowest BCUT2D eigenvalue weighted by atomic mass is 10.0. The Morgan fingerprint density at radius 3 is 2.53 bits per heavy atom. The molecule has 1 aromatic heterocycles. The van der Waals surface area contributed by atoms with Crippen LogP contribution in [0.3, 0.4) is 0 Å². The Morgan fingerprint density at radius 1 is 1.37 bits per heavy atom. The number of aromatic nitrogens is 1. The molecule has 0 aromatic carbocycles. The average molecular weight is 282 g/mol. The van der Waals surface area contributed by atoms with Crippen LogP contribution in [0.5, 0.6) is 0 Å². The van der Waals surface area contributed by atoms with Crippen LogP contribution in [-0.4, -0.2) is 33.8 Å². The maximum atomic E-state index is 11.7. The van der Waals surface area contributed by atoms with E-state index in [2.05, 4.69) is 10.3 Å². The van der Waals surface area contributed by atoms with Gasteiger partial charge in [0.15, 0.2) is 0 Å². The van der Waals surface area contributed by atoms with Crippen molar-refractivity contribution in [3.63, 3.8) is 0 Å². The summed E-state index contributed by atoms with van der Waals surface area (Å²) in [5.74, 6) is -0.841. The molecule has 1 amide bonds. The highest BCUT2D eigenvalue weighted by atomic mass is 32.2. The monoisotopic (exact) mass is 282 g/mol. The number of carboxylic acids is 1. The summed E-state index contributed by atoms with van der Waals surface area (Å²) in [5.41, 5.74) is 0. The molecule has 0 bridgehead atoms. The van der Waals surface area contributed by atoms with Gasteiger partial charge in [0.2, 0.25) is 5.91 Å². The Bertz CT molecular complexity index is 423. The first kappa shape index (κ1) is 15.5. The molecule has 0 radical (unpaired) electrons. The largest absolute Gasteiger partial charge is 0.480 e. The van der Waals surface area contributed by atoms with Crippen molar-refractivity contribution in [1.82, 2.24) is 10.3 Å². The van der Waals surface area contributed by atoms with Crippen molar-refractivity contribution in [3.05, 3.63) is 24.5 Å². The van der Waals surface area contributed by atoms with Gasteiger partial charge in [0.1, 0.15) is 6.04 Å². The van der Waals surface area contributed by atoms with E-state index in [0.29, 0.717) is 6.42 Å². The van der Waals surface area contributed by atoms with Gasteiger partial charge in [0.25, 0.3) is 0 Å². The highest BCUT2D eigenvalue weighted by Crippen LogP contribution is 2.15. The van der Waals surface area contributed by atoms with E-state index in [1.54, 1.807) is 24.5 Å². The van der Waals surface area contributed by atoms with Gasteiger partial charge in [-0.2, -0.15) is 0 Å². The van der Waals surface area contributed by atoms with Crippen molar-refractivity contribution in [2.75, 3.05) is 5.75 Å². The molecule has 0 aliphatic rings. The van der Waals surface area contributed by atoms with Crippen LogP contribution in [0, 0.1) is 5.92 Å². The maximum Gasteiger partial charge on any atom is 0.326 e. The molecular weight excluding hydrogens is 264 g/mol. The van der Waals surface area contributed by atoms with Crippen LogP contribution in [0.1, 0.15) is 20.3 Å². The molecular formula is C13H18N2O3S. The first-order valence-corrected chi connectivity index (χ1v) is 7.02. The van der Waals surface area contributed by atoms with Gasteiger partial charge in [-0.1, -0.05) is 13.8 Å². The summed E-state index contributed by atoms with van der Waals surface area (Å²) >= 11 is 1.36. The second-order valence-corrected chi connectivity index (χ2v) is 5.61. The standard InChI is InChI=1S/C13H18N2O3S/c1-9(2)7-11(13(17)18)15-12(16)8-19-10-3-5-14-6-4-10/h3-6,9,11H,7-8H2,1-2H3,(H,15,16)(H,17,18)/t11-/m1/s1. The molecule has 1 heterocycles. The van der Waals surface area contributed by atoms with E-state index in [9.17, 15) is 9.59 Å². The molecule has 0 unspecified atom stereocenters. The average Bonchev–Trinajstić information content (AvgIpc) is 2.36. The summed E-state index contributed by atoms with van der Waals surface area (Å²) in [5, 5.41) is 11.6. The topological polar surface area (TPSA) is 79.3 Å². The summed E-state index contributed by atoms with van der Waals surface area (Å²) in [4.78, 5) is 27.5. The van der Waals surface area contributed by atoms with E-state index >= 15 is 0 Å². The fraction of sp³-hybridized carbons (Fsp3) is 0.462. The van der Waals surface area contributed by atoms with E-state index in [4.69, 9.17) is 5.11 Å². The minimum Gasteiger partial charge on any atom is -0.480 e. The van der Waals surface area contributed by atoms with E-state index in [0.717, 1.165) is 4.90 Å². The Labute approximate surface area is 116 Å². The van der Waals surface area contributed by atoms with Crippen molar-refractivity contribution in [2.24, 2.45) is 5.92 Å². The van der Waals surface area contributed by atoms with E-state index in [-0.39, 0.29) is 17.6 Å². The molecule has 0 spiro atoms. The SMILES string of the molecule is CC(C)C[C@@H](NC(=O)CSc1ccncc1)C(=O)O. The molecule has 0 saturated carbocycles. The summed E-state index contributed by atoms with van der Waals surface area (Å²) in [6.45, 7) is 3.85. The van der Waals surface area contributed by atoms with Crippen molar-refractivity contribution >= 4 is 23.6 Å². The molecule has 1 aromatic rings. The number of pyridine rings is 1. The second kappa shape index (κ2) is 7.78. The number of nitrogens with one attached hydrogen (secondary N) is 1. The van der Waals surface area contributed by atoms with Crippen molar-refractivity contribution in [2.45, 2.75) is 31.2 Å². The van der Waals surface area contributed by atoms with Crippen LogP contribution in [0.4, 0.5) is 0 Å². The zero-order chi connectivity index (χ0) is 14.3. The number of amides is 1. The van der Waals surface area contributed by atoms with Gasteiger partial charge in [-0.05, 0) is 24.5 Å². The Morgan fingerprint density at radius 2 is 2.00 bits per heavy atom. The summed E-state index contributed by atoms with van der Waals surface area (Å²) in [7, 11) is 0. The van der Waals surface area contributed by atoms with Gasteiger partial charge in [0.05, 0.1) is 5.75 Å². The third kappa shape index (κ3) is 6.24. The number of carbonyl (C=O) groups excluding carboxylic acids is 1. The number of hydrogen-bond acceptors (Lipinski definition) is 4. The number of aliphatic carboxylic acids is 1. The molecule has 0 aliphatic heterocycles. The van der Waals surface area contributed by atoms with E-state index < -0.39 is 12.0 Å². The van der Waals surface area contributed by atoms with Gasteiger partial charge < -0.3 is 10.4 Å². The summed E-state index contributed by atoms with van der Waals surface area (Å²) < 4.78 is 0. The number of nitrogens with zero attached hydrogens (tertiary/aromatic N) is 1. The zero-order valence-corrected chi connectivity index (χ0v) is 11.8. The van der Waals surface area contributed by atoms with Gasteiger partial charge in [-0.3, -0.25) is 9.78 Å². The van der Waals surface area contributed by atoms with Crippen LogP contribution < -0.4 is 5.32 Å². The maximum absolute atomic E-state index is 11.7. The van der Waals surface area contributed by atoms with Gasteiger partial charge in [0, 0.05) is 17.3 Å². The van der Waals surface area contributed by atoms with Crippen LogP contribution in [0.2, 0.25) is 0 Å². The number of hydrogen-bond donors (Lipinski definition) is 2. The number of carbonyl (C=O) groups is 2. The normalized spacial score (nSPS) is 12.2. The summed E-state index contributed by atoms with van der Waals surface area (Å²) in [6.07, 6.45) is 3.74.